The van der Waals surface area contributed by atoms with Crippen LogP contribution in [0.2, 0.25) is 0 Å². The quantitative estimate of drug-likeness (QED) is 0.259. The number of fused-ring (bicyclic) bond motifs is 1. The van der Waals surface area contributed by atoms with Gasteiger partial charge < -0.3 is 19.9 Å². The molecule has 0 atom stereocenters. The second-order valence-electron chi connectivity index (χ2n) is 10.2. The molecule has 3 aromatic heterocycles. The van der Waals surface area contributed by atoms with Crippen molar-refractivity contribution in [3.05, 3.63) is 84.2 Å². The molecule has 220 valence electrons. The molecule has 0 aliphatic carbocycles. The van der Waals surface area contributed by atoms with E-state index < -0.39 is 11.7 Å². The Morgan fingerprint density at radius 1 is 1.12 bits per heavy atom. The number of ether oxygens (including phenoxy) is 1. The van der Waals surface area contributed by atoms with Crippen LogP contribution in [0.15, 0.2) is 67.1 Å². The summed E-state index contributed by atoms with van der Waals surface area (Å²) in [5.74, 6) is 0.202. The summed E-state index contributed by atoms with van der Waals surface area (Å²) in [6.45, 7) is 3.73. The minimum atomic E-state index is -0.491. The van der Waals surface area contributed by atoms with E-state index in [4.69, 9.17) is 4.74 Å². The summed E-state index contributed by atoms with van der Waals surface area (Å²) in [6.07, 6.45) is 7.71. The number of aromatic amines is 1. The zero-order valence-electron chi connectivity index (χ0n) is 23.9. The number of carbonyl (C=O) groups is 2. The van der Waals surface area contributed by atoms with Crippen LogP contribution in [0.5, 0.6) is 5.75 Å². The molecule has 11 nitrogen and oxygen atoms in total. The van der Waals surface area contributed by atoms with Crippen molar-refractivity contribution < 1.29 is 18.7 Å². The second-order valence-corrected chi connectivity index (χ2v) is 10.2. The first-order valence-corrected chi connectivity index (χ1v) is 14.1. The molecule has 0 bridgehead atoms. The van der Waals surface area contributed by atoms with Crippen LogP contribution in [-0.4, -0.2) is 66.7 Å². The van der Waals surface area contributed by atoms with Crippen LogP contribution in [0, 0.1) is 5.82 Å². The predicted molar refractivity (Wildman–Crippen MR) is 160 cm³/mol. The molecular weight excluding hydrogens is 551 g/mol. The number of H-pyrrole nitrogens is 1. The van der Waals surface area contributed by atoms with Gasteiger partial charge >= 0.3 is 0 Å². The number of para-hydroxylation sites is 1. The fraction of sp³-hybridized carbons (Fsp3) is 0.258. The van der Waals surface area contributed by atoms with Gasteiger partial charge in [0.25, 0.3) is 5.91 Å². The third-order valence-electron chi connectivity index (χ3n) is 7.63. The Hall–Kier alpha value is -5.26. The van der Waals surface area contributed by atoms with Crippen molar-refractivity contribution in [2.24, 2.45) is 0 Å². The topological polar surface area (TPSA) is 123 Å². The highest BCUT2D eigenvalue weighted by Gasteiger charge is 2.25. The SMILES string of the molecule is CCn1nccc1NC(=O)c1cc2c(-c3ccccc3OC)cc(C3=CCCN(C(=O)CCn4ccnn4)C3)c(F)c2[nH]1. The van der Waals surface area contributed by atoms with Crippen LogP contribution in [0.1, 0.15) is 35.8 Å². The van der Waals surface area contributed by atoms with Crippen molar-refractivity contribution in [3.63, 3.8) is 0 Å². The predicted octanol–water partition coefficient (Wildman–Crippen LogP) is 4.75. The third-order valence-corrected chi connectivity index (χ3v) is 7.63. The summed E-state index contributed by atoms with van der Waals surface area (Å²) in [5.41, 5.74) is 2.91. The van der Waals surface area contributed by atoms with E-state index in [1.165, 1.54) is 0 Å². The number of nitrogens with one attached hydrogen (secondary N) is 2. The van der Waals surface area contributed by atoms with E-state index in [0.29, 0.717) is 59.7 Å². The number of benzene rings is 2. The molecule has 2 amide bonds. The molecule has 0 radical (unpaired) electrons. The average molecular weight is 583 g/mol. The fourth-order valence-electron chi connectivity index (χ4n) is 5.45. The molecule has 5 aromatic rings. The number of anilines is 1. The molecule has 1 aliphatic rings. The van der Waals surface area contributed by atoms with Crippen LogP contribution >= 0.6 is 0 Å². The van der Waals surface area contributed by atoms with Crippen molar-refractivity contribution in [3.8, 4) is 16.9 Å². The normalized spacial score (nSPS) is 13.3. The van der Waals surface area contributed by atoms with Crippen LogP contribution in [-0.2, 0) is 17.9 Å². The van der Waals surface area contributed by atoms with E-state index in [0.717, 1.165) is 5.56 Å². The molecule has 0 saturated heterocycles. The number of rotatable bonds is 9. The van der Waals surface area contributed by atoms with Gasteiger partial charge in [0, 0.05) is 54.8 Å². The summed E-state index contributed by atoms with van der Waals surface area (Å²) < 4.78 is 25.3. The van der Waals surface area contributed by atoms with E-state index in [9.17, 15) is 9.59 Å². The van der Waals surface area contributed by atoms with Gasteiger partial charge in [-0.25, -0.2) is 9.07 Å². The highest BCUT2D eigenvalue weighted by Crippen LogP contribution is 2.40. The molecule has 0 fully saturated rings. The zero-order valence-corrected chi connectivity index (χ0v) is 23.9. The Bertz CT molecular complexity index is 1820. The van der Waals surface area contributed by atoms with Gasteiger partial charge in [-0.15, -0.1) is 5.10 Å². The summed E-state index contributed by atoms with van der Waals surface area (Å²) in [5, 5.41) is 15.3. The lowest BCUT2D eigenvalue weighted by atomic mass is 9.93. The number of nitrogens with zero attached hydrogens (tertiary/aromatic N) is 6. The lowest BCUT2D eigenvalue weighted by molar-refractivity contribution is -0.131. The van der Waals surface area contributed by atoms with Gasteiger partial charge in [0.05, 0.1) is 31.6 Å². The number of aryl methyl sites for hydroxylation is 2. The molecule has 1 aliphatic heterocycles. The molecule has 6 rings (SSSR count). The van der Waals surface area contributed by atoms with Crippen LogP contribution < -0.4 is 10.1 Å². The molecule has 0 saturated carbocycles. The van der Waals surface area contributed by atoms with Crippen molar-refractivity contribution in [2.75, 3.05) is 25.5 Å². The Balaban J connectivity index is 1.38. The summed E-state index contributed by atoms with van der Waals surface area (Å²) in [4.78, 5) is 31.1. The minimum Gasteiger partial charge on any atom is -0.496 e. The van der Waals surface area contributed by atoms with Crippen molar-refractivity contribution in [1.29, 1.82) is 0 Å². The molecule has 0 unspecified atom stereocenters. The highest BCUT2D eigenvalue weighted by molar-refractivity contribution is 6.09. The van der Waals surface area contributed by atoms with Gasteiger partial charge in [0.15, 0.2) is 5.82 Å². The van der Waals surface area contributed by atoms with Gasteiger partial charge in [-0.1, -0.05) is 29.5 Å². The molecule has 0 spiro atoms. The standard InChI is InChI=1S/C31H31FN8O3/c1-3-40-27(10-12-34-40)36-31(42)25-18-24-23(21-8-4-5-9-26(21)43-2)17-22(29(32)30(24)35-25)20-7-6-14-38(19-20)28(41)11-15-39-16-13-33-37-39/h4-5,7-10,12-13,16-18,35H,3,6,11,14-15,19H2,1-2H3,(H,36,42). The lowest BCUT2D eigenvalue weighted by Crippen LogP contribution is -2.36. The second kappa shape index (κ2) is 11.9. The Kier molecular flexibility index (Phi) is 7.73. The lowest BCUT2D eigenvalue weighted by Gasteiger charge is -2.28. The highest BCUT2D eigenvalue weighted by atomic mass is 19.1. The molecule has 43 heavy (non-hydrogen) atoms. The molecule has 2 N–H and O–H groups in total. The van der Waals surface area contributed by atoms with Crippen molar-refractivity contribution >= 4 is 34.1 Å². The number of hydrogen-bond acceptors (Lipinski definition) is 6. The van der Waals surface area contributed by atoms with Crippen molar-refractivity contribution in [2.45, 2.75) is 32.9 Å². The minimum absolute atomic E-state index is 0.0438. The first-order valence-electron chi connectivity index (χ1n) is 14.1. The number of aromatic nitrogens is 6. The Morgan fingerprint density at radius 2 is 1.98 bits per heavy atom. The average Bonchev–Trinajstić information content (AvgIpc) is 3.82. The number of halogens is 1. The molecule has 4 heterocycles. The van der Waals surface area contributed by atoms with Crippen molar-refractivity contribution in [1.82, 2.24) is 34.7 Å². The van der Waals surface area contributed by atoms with E-state index in [1.807, 2.05) is 37.3 Å². The first kappa shape index (κ1) is 27.9. The zero-order chi connectivity index (χ0) is 29.9. The summed E-state index contributed by atoms with van der Waals surface area (Å²) in [7, 11) is 1.58. The fourth-order valence-corrected chi connectivity index (χ4v) is 5.45. The number of carbonyl (C=O) groups excluding carboxylic acids is 2. The molecule has 12 heteroatoms. The largest absolute Gasteiger partial charge is 0.496 e. The molecule has 2 aromatic carbocycles. The summed E-state index contributed by atoms with van der Waals surface area (Å²) >= 11 is 0. The third kappa shape index (κ3) is 5.51. The van der Waals surface area contributed by atoms with E-state index in [-0.39, 0.29) is 30.1 Å². The smallest absolute Gasteiger partial charge is 0.273 e. The maximum absolute atomic E-state index is 16.4. The van der Waals surface area contributed by atoms with E-state index in [1.54, 1.807) is 58.2 Å². The van der Waals surface area contributed by atoms with Gasteiger partial charge in [-0.2, -0.15) is 5.10 Å². The number of amides is 2. The van der Waals surface area contributed by atoms with E-state index in [2.05, 4.69) is 25.7 Å². The first-order chi connectivity index (χ1) is 21.0. The van der Waals surface area contributed by atoms with Gasteiger partial charge in [0.1, 0.15) is 17.3 Å². The van der Waals surface area contributed by atoms with Gasteiger partial charge in [0.2, 0.25) is 5.91 Å². The Morgan fingerprint density at radius 3 is 2.77 bits per heavy atom. The monoisotopic (exact) mass is 582 g/mol. The van der Waals surface area contributed by atoms with Crippen LogP contribution in [0.4, 0.5) is 10.2 Å². The number of hydrogen-bond donors (Lipinski definition) is 2. The Labute approximate surface area is 246 Å². The molecular formula is C31H31FN8O3. The summed E-state index contributed by atoms with van der Waals surface area (Å²) in [6, 6.07) is 12.6. The number of methoxy groups -OCH3 is 1. The van der Waals surface area contributed by atoms with E-state index >= 15 is 4.39 Å². The maximum Gasteiger partial charge on any atom is 0.273 e. The van der Waals surface area contributed by atoms with Gasteiger partial charge in [-0.05, 0) is 42.7 Å². The van der Waals surface area contributed by atoms with Crippen LogP contribution in [0.25, 0.3) is 27.6 Å². The van der Waals surface area contributed by atoms with Crippen LogP contribution in [0.3, 0.4) is 0 Å². The van der Waals surface area contributed by atoms with Gasteiger partial charge in [-0.3, -0.25) is 14.3 Å². The maximum atomic E-state index is 16.4.